The molecule has 0 radical (unpaired) electrons. The zero-order chi connectivity index (χ0) is 11.5. The summed E-state index contributed by atoms with van der Waals surface area (Å²) >= 11 is 5.91. The van der Waals surface area contributed by atoms with Gasteiger partial charge in [-0.1, -0.05) is 17.5 Å². The van der Waals surface area contributed by atoms with E-state index in [0.29, 0.717) is 21.6 Å². The Hall–Kier alpha value is -2.06. The second-order valence-electron chi connectivity index (χ2n) is 2.93. The number of halogens is 1. The maximum Gasteiger partial charge on any atom is 0.339 e. The lowest BCUT2D eigenvalue weighted by Gasteiger charge is -2.01. The number of esters is 1. The summed E-state index contributed by atoms with van der Waals surface area (Å²) in [6.07, 6.45) is 4.98. The van der Waals surface area contributed by atoms with Crippen LogP contribution in [-0.2, 0) is 4.74 Å². The van der Waals surface area contributed by atoms with E-state index < -0.39 is 5.97 Å². The van der Waals surface area contributed by atoms with Crippen molar-refractivity contribution in [2.45, 2.75) is 0 Å². The number of hydrogen-bond donors (Lipinski definition) is 1. The predicted molar refractivity (Wildman–Crippen MR) is 58.0 cm³/mol. The van der Waals surface area contributed by atoms with Crippen LogP contribution in [-0.4, -0.2) is 28.0 Å². The van der Waals surface area contributed by atoms with Crippen LogP contribution in [0.5, 0.6) is 0 Å². The van der Waals surface area contributed by atoms with Crippen LogP contribution in [0.1, 0.15) is 10.4 Å². The van der Waals surface area contributed by atoms with Gasteiger partial charge in [0, 0.05) is 0 Å². The van der Waals surface area contributed by atoms with E-state index in [-0.39, 0.29) is 6.61 Å². The molecule has 0 saturated carbocycles. The molecule has 80 valence electrons. The van der Waals surface area contributed by atoms with Crippen LogP contribution in [0.2, 0.25) is 5.02 Å². The number of rotatable bonds is 2. The van der Waals surface area contributed by atoms with E-state index in [1.54, 1.807) is 0 Å². The normalized spacial score (nSPS) is 10.0. The van der Waals surface area contributed by atoms with Crippen molar-refractivity contribution in [1.82, 2.24) is 15.4 Å². The molecule has 0 aliphatic heterocycles. The molecular formula is C10H6ClN3O2. The average Bonchev–Trinajstić information content (AvgIpc) is 2.74. The molecule has 2 aromatic rings. The maximum atomic E-state index is 11.5. The lowest BCUT2D eigenvalue weighted by atomic mass is 10.2. The topological polar surface area (TPSA) is 67.9 Å². The van der Waals surface area contributed by atoms with Crippen LogP contribution < -0.4 is 0 Å². The van der Waals surface area contributed by atoms with E-state index in [1.165, 1.54) is 12.1 Å². The molecule has 1 aromatic carbocycles. The third-order valence-electron chi connectivity index (χ3n) is 1.90. The number of ether oxygens (including phenoxy) is 1. The number of carbonyl (C=O) groups excluding carboxylic acids is 1. The Kier molecular flexibility index (Phi) is 2.75. The molecule has 6 heteroatoms. The molecule has 5 nitrogen and oxygen atoms in total. The van der Waals surface area contributed by atoms with Crippen LogP contribution in [0.15, 0.2) is 12.1 Å². The van der Waals surface area contributed by atoms with Gasteiger partial charge < -0.3 is 4.74 Å². The van der Waals surface area contributed by atoms with Crippen molar-refractivity contribution in [1.29, 1.82) is 0 Å². The average molecular weight is 236 g/mol. The number of nitrogens with zero attached hydrogens (tertiary/aromatic N) is 2. The summed E-state index contributed by atoms with van der Waals surface area (Å²) in [6, 6.07) is 2.99. The van der Waals surface area contributed by atoms with Crippen molar-refractivity contribution in [3.8, 4) is 12.3 Å². The van der Waals surface area contributed by atoms with Gasteiger partial charge in [-0.15, -0.1) is 6.42 Å². The number of fused-ring (bicyclic) bond motifs is 1. The Morgan fingerprint density at radius 2 is 2.38 bits per heavy atom. The number of benzene rings is 1. The molecule has 0 unspecified atom stereocenters. The molecule has 0 saturated heterocycles. The highest BCUT2D eigenvalue weighted by Crippen LogP contribution is 2.22. The lowest BCUT2D eigenvalue weighted by molar-refractivity contribution is 0.0557. The van der Waals surface area contributed by atoms with Crippen LogP contribution >= 0.6 is 11.6 Å². The quantitative estimate of drug-likeness (QED) is 0.631. The number of H-pyrrole nitrogens is 1. The molecule has 0 aliphatic carbocycles. The van der Waals surface area contributed by atoms with Crippen LogP contribution in [0, 0.1) is 12.3 Å². The van der Waals surface area contributed by atoms with Gasteiger partial charge in [-0.05, 0) is 12.1 Å². The molecule has 2 rings (SSSR count). The Morgan fingerprint density at radius 1 is 1.56 bits per heavy atom. The standard InChI is InChI=1S/C10H6ClN3O2/c1-2-3-16-10(15)6-4-7(11)9-8(5-6)12-14-13-9/h1,4-5H,3H2,(H,12,13,14). The SMILES string of the molecule is C#CCOC(=O)c1cc(Cl)c2n[nH]nc2c1. The molecule has 1 heterocycles. The van der Waals surface area contributed by atoms with Gasteiger partial charge in [0.1, 0.15) is 11.0 Å². The largest absolute Gasteiger partial charge is 0.449 e. The Bertz CT molecular complexity index is 585. The van der Waals surface area contributed by atoms with Crippen molar-refractivity contribution >= 4 is 28.6 Å². The molecular weight excluding hydrogens is 230 g/mol. The molecule has 0 amide bonds. The number of aromatic nitrogens is 3. The van der Waals surface area contributed by atoms with E-state index >= 15 is 0 Å². The molecule has 1 aromatic heterocycles. The van der Waals surface area contributed by atoms with Gasteiger partial charge in [-0.2, -0.15) is 15.4 Å². The van der Waals surface area contributed by atoms with Gasteiger partial charge in [0.25, 0.3) is 0 Å². The summed E-state index contributed by atoms with van der Waals surface area (Å²) in [5.41, 5.74) is 1.30. The van der Waals surface area contributed by atoms with Gasteiger partial charge in [0.05, 0.1) is 10.6 Å². The minimum absolute atomic E-state index is 0.0761. The molecule has 0 bridgehead atoms. The Balaban J connectivity index is 2.38. The van der Waals surface area contributed by atoms with E-state index in [4.69, 9.17) is 22.8 Å². The summed E-state index contributed by atoms with van der Waals surface area (Å²) in [6.45, 7) is -0.0761. The minimum atomic E-state index is -0.537. The minimum Gasteiger partial charge on any atom is -0.449 e. The highest BCUT2D eigenvalue weighted by atomic mass is 35.5. The Morgan fingerprint density at radius 3 is 3.12 bits per heavy atom. The van der Waals surface area contributed by atoms with Gasteiger partial charge in [-0.25, -0.2) is 4.79 Å². The first-order valence-corrected chi connectivity index (χ1v) is 4.71. The first-order chi connectivity index (χ1) is 7.72. The zero-order valence-electron chi connectivity index (χ0n) is 8.03. The summed E-state index contributed by atoms with van der Waals surface area (Å²) in [5.74, 6) is 1.67. The predicted octanol–water partition coefficient (Wildman–Crippen LogP) is 1.40. The van der Waals surface area contributed by atoms with Crippen molar-refractivity contribution < 1.29 is 9.53 Å². The third kappa shape index (κ3) is 1.83. The second kappa shape index (κ2) is 4.21. The van der Waals surface area contributed by atoms with Crippen LogP contribution in [0.25, 0.3) is 11.0 Å². The van der Waals surface area contributed by atoms with Crippen molar-refractivity contribution in [2.75, 3.05) is 6.61 Å². The van der Waals surface area contributed by atoms with Gasteiger partial charge in [0.2, 0.25) is 0 Å². The smallest absolute Gasteiger partial charge is 0.339 e. The van der Waals surface area contributed by atoms with Crippen molar-refractivity contribution in [3.05, 3.63) is 22.7 Å². The molecule has 16 heavy (non-hydrogen) atoms. The van der Waals surface area contributed by atoms with Gasteiger partial charge in [0.15, 0.2) is 6.61 Å². The van der Waals surface area contributed by atoms with E-state index in [2.05, 4.69) is 21.3 Å². The van der Waals surface area contributed by atoms with E-state index in [1.807, 2.05) is 0 Å². The zero-order valence-corrected chi connectivity index (χ0v) is 8.78. The summed E-state index contributed by atoms with van der Waals surface area (Å²) in [7, 11) is 0. The van der Waals surface area contributed by atoms with E-state index in [0.717, 1.165) is 0 Å². The molecule has 1 N–H and O–H groups in total. The van der Waals surface area contributed by atoms with Gasteiger partial charge >= 0.3 is 5.97 Å². The first-order valence-electron chi connectivity index (χ1n) is 4.33. The highest BCUT2D eigenvalue weighted by Gasteiger charge is 2.12. The summed E-state index contributed by atoms with van der Waals surface area (Å²) in [5, 5.41) is 10.4. The number of hydrogen-bond acceptors (Lipinski definition) is 4. The summed E-state index contributed by atoms with van der Waals surface area (Å²) in [4.78, 5) is 11.5. The maximum absolute atomic E-state index is 11.5. The number of aromatic amines is 1. The first kappa shape index (κ1) is 10.5. The van der Waals surface area contributed by atoms with Crippen LogP contribution in [0.4, 0.5) is 0 Å². The highest BCUT2D eigenvalue weighted by molar-refractivity contribution is 6.35. The monoisotopic (exact) mass is 235 g/mol. The number of terminal acetylenes is 1. The van der Waals surface area contributed by atoms with E-state index in [9.17, 15) is 4.79 Å². The fraction of sp³-hybridized carbons (Fsp3) is 0.100. The molecule has 0 aliphatic rings. The lowest BCUT2D eigenvalue weighted by Crippen LogP contribution is -2.05. The van der Waals surface area contributed by atoms with Crippen molar-refractivity contribution in [3.63, 3.8) is 0 Å². The molecule has 0 atom stereocenters. The Labute approximate surface area is 95.7 Å². The third-order valence-corrected chi connectivity index (χ3v) is 2.19. The molecule has 0 fully saturated rings. The van der Waals surface area contributed by atoms with Crippen LogP contribution in [0.3, 0.4) is 0 Å². The summed E-state index contributed by atoms with van der Waals surface area (Å²) < 4.78 is 4.77. The fourth-order valence-electron chi connectivity index (χ4n) is 1.22. The number of carbonyl (C=O) groups is 1. The second-order valence-corrected chi connectivity index (χ2v) is 3.34. The van der Waals surface area contributed by atoms with Gasteiger partial charge in [-0.3, -0.25) is 0 Å². The molecule has 0 spiro atoms. The fourth-order valence-corrected chi connectivity index (χ4v) is 1.47. The van der Waals surface area contributed by atoms with Crippen molar-refractivity contribution in [2.24, 2.45) is 0 Å². The number of nitrogens with one attached hydrogen (secondary N) is 1.